The van der Waals surface area contributed by atoms with Gasteiger partial charge in [-0.1, -0.05) is 24.4 Å². The molecule has 0 spiro atoms. The average Bonchev–Trinajstić information content (AvgIpc) is 2.31. The third-order valence-corrected chi connectivity index (χ3v) is 2.41. The second kappa shape index (κ2) is 8.61. The molecule has 1 aromatic heterocycles. The third kappa shape index (κ3) is 5.14. The van der Waals surface area contributed by atoms with E-state index in [1.54, 1.807) is 0 Å². The zero-order valence-corrected chi connectivity index (χ0v) is 13.8. The second-order valence-electron chi connectivity index (χ2n) is 2.89. The number of aromatic nitrogens is 2. The Bertz CT molecular complexity index is 513. The van der Waals surface area contributed by atoms with Crippen molar-refractivity contribution in [3.05, 3.63) is 40.4 Å². The first kappa shape index (κ1) is 16.5. The van der Waals surface area contributed by atoms with Gasteiger partial charge in [-0.05, 0) is 17.2 Å². The number of aromatic amines is 1. The van der Waals surface area contributed by atoms with E-state index in [0.29, 0.717) is 9.67 Å². The third-order valence-electron chi connectivity index (χ3n) is 1.69. The van der Waals surface area contributed by atoms with Crippen LogP contribution in [-0.2, 0) is 32.1 Å². The van der Waals surface area contributed by atoms with Crippen LogP contribution in [0.5, 0.6) is 0 Å². The SMILES string of the molecule is S=c1[nH]c2ccccc2nc1[S-].[NH-]CC[NH-].[Zn]. The number of fused-ring (bicyclic) bond motifs is 1. The molecule has 0 aliphatic rings. The van der Waals surface area contributed by atoms with Crippen molar-refractivity contribution >= 4 is 35.9 Å². The zero-order chi connectivity index (χ0) is 12.0. The van der Waals surface area contributed by atoms with Gasteiger partial charge >= 0.3 is 0 Å². The first-order chi connectivity index (χ1) is 7.69. The predicted octanol–water partition coefficient (Wildman–Crippen LogP) is 3.29. The molecule has 17 heavy (non-hydrogen) atoms. The summed E-state index contributed by atoms with van der Waals surface area (Å²) >= 11 is 9.89. The Morgan fingerprint density at radius 1 is 1.24 bits per heavy atom. The quantitative estimate of drug-likeness (QED) is 0.498. The Morgan fingerprint density at radius 3 is 2.41 bits per heavy atom. The molecule has 1 heterocycles. The monoisotopic (exact) mass is 315 g/mol. The fourth-order valence-electron chi connectivity index (χ4n) is 1.01. The first-order valence-electron chi connectivity index (χ1n) is 4.64. The minimum atomic E-state index is 0. The largest absolute Gasteiger partial charge is 0.757 e. The molecule has 4 nitrogen and oxygen atoms in total. The van der Waals surface area contributed by atoms with E-state index in [1.165, 1.54) is 0 Å². The van der Waals surface area contributed by atoms with E-state index in [-0.39, 0.29) is 32.6 Å². The number of para-hydroxylation sites is 2. The smallest absolute Gasteiger partial charge is 0.102 e. The Morgan fingerprint density at radius 2 is 1.82 bits per heavy atom. The molecule has 0 fully saturated rings. The number of H-pyrrole nitrogens is 1. The molecule has 0 aliphatic heterocycles. The van der Waals surface area contributed by atoms with Crippen molar-refractivity contribution in [1.29, 1.82) is 0 Å². The number of rotatable bonds is 1. The second-order valence-corrected chi connectivity index (χ2v) is 3.68. The van der Waals surface area contributed by atoms with Crippen LogP contribution >= 0.6 is 12.2 Å². The Labute approximate surface area is 123 Å². The first-order valence-corrected chi connectivity index (χ1v) is 5.46. The molecule has 2 rings (SSSR count). The van der Waals surface area contributed by atoms with Crippen LogP contribution in [0.3, 0.4) is 0 Å². The molecule has 0 unspecified atom stereocenters. The molecule has 7 heteroatoms. The van der Waals surface area contributed by atoms with Crippen LogP contribution < -0.4 is 0 Å². The summed E-state index contributed by atoms with van der Waals surface area (Å²) in [5, 5.41) is 0.462. The average molecular weight is 317 g/mol. The van der Waals surface area contributed by atoms with Gasteiger partial charge in [0.05, 0.1) is 11.0 Å². The summed E-state index contributed by atoms with van der Waals surface area (Å²) in [6, 6.07) is 7.67. The zero-order valence-electron chi connectivity index (χ0n) is 9.19. The summed E-state index contributed by atoms with van der Waals surface area (Å²) in [5.41, 5.74) is 14.3. The van der Waals surface area contributed by atoms with Crippen molar-refractivity contribution in [2.24, 2.45) is 0 Å². The fraction of sp³-hybridized carbons (Fsp3) is 0.200. The van der Waals surface area contributed by atoms with Gasteiger partial charge in [-0.3, -0.25) is 4.98 Å². The molecule has 2 aromatic rings. The fourth-order valence-corrected chi connectivity index (χ4v) is 1.32. The molecular weight excluding hydrogens is 306 g/mol. The van der Waals surface area contributed by atoms with Gasteiger partial charge in [0, 0.05) is 19.5 Å². The summed E-state index contributed by atoms with van der Waals surface area (Å²) in [6.45, 7) is 0.472. The van der Waals surface area contributed by atoms with Gasteiger partial charge in [0.2, 0.25) is 0 Å². The van der Waals surface area contributed by atoms with E-state index in [9.17, 15) is 0 Å². The molecule has 3 N–H and O–H groups in total. The number of nitrogens with zero attached hydrogens (tertiary/aromatic N) is 1. The van der Waals surface area contributed by atoms with Crippen LogP contribution in [0.2, 0.25) is 0 Å². The maximum absolute atomic E-state index is 6.26. The van der Waals surface area contributed by atoms with Crippen molar-refractivity contribution in [2.75, 3.05) is 13.1 Å². The van der Waals surface area contributed by atoms with Crippen LogP contribution in [0.15, 0.2) is 29.3 Å². The number of hydrogen-bond donors (Lipinski definition) is 1. The Balaban J connectivity index is 0.000000453. The van der Waals surface area contributed by atoms with Gasteiger partial charge in [-0.15, -0.1) is 0 Å². The molecule has 0 saturated carbocycles. The van der Waals surface area contributed by atoms with Gasteiger partial charge in [0.1, 0.15) is 4.64 Å². The van der Waals surface area contributed by atoms with E-state index in [0.717, 1.165) is 11.0 Å². The van der Waals surface area contributed by atoms with E-state index in [1.807, 2.05) is 24.3 Å². The summed E-state index contributed by atoms with van der Waals surface area (Å²) in [7, 11) is 0. The van der Waals surface area contributed by atoms with Crippen LogP contribution in [0.4, 0.5) is 0 Å². The molecule has 0 aliphatic carbocycles. The van der Waals surface area contributed by atoms with Gasteiger partial charge in [0.15, 0.2) is 0 Å². The summed E-state index contributed by atoms with van der Waals surface area (Å²) in [4.78, 5) is 7.16. The van der Waals surface area contributed by atoms with Gasteiger partial charge in [0.25, 0.3) is 0 Å². The van der Waals surface area contributed by atoms with Gasteiger partial charge in [-0.2, -0.15) is 13.1 Å². The van der Waals surface area contributed by atoms with Crippen molar-refractivity contribution in [3.8, 4) is 0 Å². The summed E-state index contributed by atoms with van der Waals surface area (Å²) < 4.78 is 0.531. The molecule has 0 saturated heterocycles. The molecular formula is C10H11N4S2Zn-3. The topological polar surface area (TPSA) is 76.3 Å². The molecule has 0 amide bonds. The molecule has 0 atom stereocenters. The summed E-state index contributed by atoms with van der Waals surface area (Å²) in [5.74, 6) is 0. The maximum atomic E-state index is 6.26. The number of benzene rings is 1. The minimum Gasteiger partial charge on any atom is -0.757 e. The normalized spacial score (nSPS) is 9.06. The predicted molar refractivity (Wildman–Crippen MR) is 70.9 cm³/mol. The van der Waals surface area contributed by atoms with E-state index in [2.05, 4.69) is 9.97 Å². The van der Waals surface area contributed by atoms with Gasteiger partial charge < -0.3 is 29.1 Å². The summed E-state index contributed by atoms with van der Waals surface area (Å²) in [6.07, 6.45) is 0. The van der Waals surface area contributed by atoms with Crippen LogP contribution in [0.1, 0.15) is 0 Å². The molecule has 0 bridgehead atoms. The molecule has 0 radical (unpaired) electrons. The minimum absolute atomic E-state index is 0. The standard InChI is InChI=1S/C8H6N2S2.C2H6N2.Zn/c11-7-8(12)10-6-4-2-1-3-5(6)9-7;3-1-2-4;/h1-4H,(H,9,11)(H,10,12);3-4H,1-2H2;/q;-2;/p-1. The Hall–Kier alpha value is -0.457. The van der Waals surface area contributed by atoms with Crippen LogP contribution in [0.25, 0.3) is 22.5 Å². The number of hydrogen-bond acceptors (Lipinski definition) is 3. The van der Waals surface area contributed by atoms with Crippen molar-refractivity contribution in [2.45, 2.75) is 5.03 Å². The number of nitrogens with one attached hydrogen (secondary N) is 3. The van der Waals surface area contributed by atoms with Crippen molar-refractivity contribution < 1.29 is 19.5 Å². The van der Waals surface area contributed by atoms with E-state index >= 15 is 0 Å². The van der Waals surface area contributed by atoms with Crippen LogP contribution in [0, 0.1) is 4.64 Å². The van der Waals surface area contributed by atoms with Crippen LogP contribution in [-0.4, -0.2) is 23.1 Å². The van der Waals surface area contributed by atoms with E-state index in [4.69, 9.17) is 36.3 Å². The van der Waals surface area contributed by atoms with Crippen molar-refractivity contribution in [1.82, 2.24) is 9.97 Å². The van der Waals surface area contributed by atoms with Gasteiger partial charge in [-0.25, -0.2) is 0 Å². The molecule has 88 valence electrons. The Kier molecular flexibility index (Phi) is 8.38. The van der Waals surface area contributed by atoms with Crippen molar-refractivity contribution in [3.63, 3.8) is 0 Å². The van der Waals surface area contributed by atoms with E-state index < -0.39 is 0 Å². The maximum Gasteiger partial charge on any atom is 0.102 e. The molecule has 1 aromatic carbocycles.